The summed E-state index contributed by atoms with van der Waals surface area (Å²) in [7, 11) is 0. The Kier molecular flexibility index (Phi) is 7.54. The van der Waals surface area contributed by atoms with Gasteiger partial charge in [-0.3, -0.25) is 4.79 Å². The molecule has 4 nitrogen and oxygen atoms in total. The van der Waals surface area contributed by atoms with Gasteiger partial charge in [-0.1, -0.05) is 42.3 Å². The molecule has 2 rings (SSSR count). The van der Waals surface area contributed by atoms with Gasteiger partial charge in [0.1, 0.15) is 0 Å². The van der Waals surface area contributed by atoms with E-state index in [0.717, 1.165) is 42.8 Å². The van der Waals surface area contributed by atoms with Gasteiger partial charge in [0.2, 0.25) is 5.91 Å². The molecule has 26 heavy (non-hydrogen) atoms. The molecule has 0 atom stereocenters. The second-order valence-electron chi connectivity index (χ2n) is 6.43. The van der Waals surface area contributed by atoms with E-state index in [0.29, 0.717) is 17.1 Å². The Morgan fingerprint density at radius 2 is 1.73 bits per heavy atom. The number of carbonyl (C=O) groups is 1. The summed E-state index contributed by atoms with van der Waals surface area (Å²) in [6.45, 7) is 6.05. The summed E-state index contributed by atoms with van der Waals surface area (Å²) in [6, 6.07) is 13.1. The standard InChI is InChI=1S/C21H26ClN3O/c1-15-8-11-18(12-9-15)25-21(26)7-5-3-4-6-16(2)24-20-14-17(22)10-13-19(20)23/h8-14,24H,2-7,23H2,1H3,(H,25,26). The predicted octanol–water partition coefficient (Wildman–Crippen LogP) is 5.75. The highest BCUT2D eigenvalue weighted by atomic mass is 35.5. The topological polar surface area (TPSA) is 67.2 Å². The molecule has 0 aliphatic rings. The van der Waals surface area contributed by atoms with Gasteiger partial charge in [0, 0.05) is 22.8 Å². The van der Waals surface area contributed by atoms with E-state index < -0.39 is 0 Å². The fraction of sp³-hybridized carbons (Fsp3) is 0.286. The van der Waals surface area contributed by atoms with Gasteiger partial charge in [0.25, 0.3) is 0 Å². The molecule has 0 bridgehead atoms. The van der Waals surface area contributed by atoms with Crippen LogP contribution in [0.5, 0.6) is 0 Å². The van der Waals surface area contributed by atoms with Gasteiger partial charge in [-0.15, -0.1) is 0 Å². The third-order valence-electron chi connectivity index (χ3n) is 4.04. The van der Waals surface area contributed by atoms with Crippen LogP contribution in [0.25, 0.3) is 0 Å². The highest BCUT2D eigenvalue weighted by molar-refractivity contribution is 6.31. The number of hydrogen-bond donors (Lipinski definition) is 3. The maximum atomic E-state index is 11.9. The molecule has 0 heterocycles. The van der Waals surface area contributed by atoms with E-state index in [1.165, 1.54) is 5.56 Å². The molecule has 0 spiro atoms. The average Bonchev–Trinajstić information content (AvgIpc) is 2.60. The molecule has 0 aliphatic heterocycles. The molecule has 2 aromatic rings. The third kappa shape index (κ3) is 6.81. The maximum Gasteiger partial charge on any atom is 0.224 e. The van der Waals surface area contributed by atoms with Crippen molar-refractivity contribution in [1.29, 1.82) is 0 Å². The van der Waals surface area contributed by atoms with Crippen LogP contribution in [0.1, 0.15) is 37.7 Å². The van der Waals surface area contributed by atoms with Gasteiger partial charge < -0.3 is 16.4 Å². The molecule has 0 fully saturated rings. The van der Waals surface area contributed by atoms with E-state index >= 15 is 0 Å². The molecule has 138 valence electrons. The quantitative estimate of drug-likeness (QED) is 0.388. The summed E-state index contributed by atoms with van der Waals surface area (Å²) in [6.07, 6.45) is 4.13. The van der Waals surface area contributed by atoms with E-state index in [9.17, 15) is 4.79 Å². The summed E-state index contributed by atoms with van der Waals surface area (Å²) in [5.74, 6) is 0.0532. The lowest BCUT2D eigenvalue weighted by Crippen LogP contribution is -2.11. The summed E-state index contributed by atoms with van der Waals surface area (Å²) >= 11 is 5.98. The fourth-order valence-corrected chi connectivity index (χ4v) is 2.72. The Hall–Kier alpha value is -2.46. The molecule has 4 N–H and O–H groups in total. The van der Waals surface area contributed by atoms with Crippen molar-refractivity contribution in [2.24, 2.45) is 0 Å². The number of aryl methyl sites for hydroxylation is 1. The molecular formula is C21H26ClN3O. The molecular weight excluding hydrogens is 346 g/mol. The first kappa shape index (κ1) is 19.9. The fourth-order valence-electron chi connectivity index (χ4n) is 2.55. The van der Waals surface area contributed by atoms with Crippen LogP contribution in [0.3, 0.4) is 0 Å². The van der Waals surface area contributed by atoms with Crippen LogP contribution in [-0.2, 0) is 4.79 Å². The SMILES string of the molecule is C=C(CCCCCC(=O)Nc1ccc(C)cc1)Nc1cc(Cl)ccc1N. The number of amides is 1. The van der Waals surface area contributed by atoms with Crippen LogP contribution in [0.2, 0.25) is 5.02 Å². The van der Waals surface area contributed by atoms with Gasteiger partial charge in [-0.05, 0) is 56.5 Å². The van der Waals surface area contributed by atoms with Crippen LogP contribution in [0.15, 0.2) is 54.7 Å². The molecule has 1 amide bonds. The molecule has 5 heteroatoms. The van der Waals surface area contributed by atoms with Crippen molar-refractivity contribution >= 4 is 34.6 Å². The number of carbonyl (C=O) groups excluding carboxylic acids is 1. The normalized spacial score (nSPS) is 10.4. The van der Waals surface area contributed by atoms with E-state index in [1.54, 1.807) is 18.2 Å². The molecule has 0 radical (unpaired) electrons. The molecule has 0 aliphatic carbocycles. The van der Waals surface area contributed by atoms with Gasteiger partial charge in [-0.2, -0.15) is 0 Å². The zero-order valence-corrected chi connectivity index (χ0v) is 15.9. The third-order valence-corrected chi connectivity index (χ3v) is 4.28. The smallest absolute Gasteiger partial charge is 0.224 e. The molecule has 0 saturated carbocycles. The second-order valence-corrected chi connectivity index (χ2v) is 6.87. The summed E-state index contributed by atoms with van der Waals surface area (Å²) < 4.78 is 0. The van der Waals surface area contributed by atoms with Crippen LogP contribution in [-0.4, -0.2) is 5.91 Å². The number of halogens is 1. The number of unbranched alkanes of at least 4 members (excludes halogenated alkanes) is 2. The number of hydrogen-bond acceptors (Lipinski definition) is 3. The lowest BCUT2D eigenvalue weighted by molar-refractivity contribution is -0.116. The Labute approximate surface area is 160 Å². The molecule has 0 unspecified atom stereocenters. The number of nitrogen functional groups attached to an aromatic ring is 1. The Bertz CT molecular complexity index is 756. The predicted molar refractivity (Wildman–Crippen MR) is 112 cm³/mol. The van der Waals surface area contributed by atoms with Gasteiger partial charge in [0.15, 0.2) is 0 Å². The number of nitrogens with two attached hydrogens (primary N) is 1. The average molecular weight is 372 g/mol. The summed E-state index contributed by atoms with van der Waals surface area (Å²) in [5.41, 5.74) is 10.2. The highest BCUT2D eigenvalue weighted by Gasteiger charge is 2.04. The Morgan fingerprint density at radius 3 is 2.46 bits per heavy atom. The van der Waals surface area contributed by atoms with E-state index in [4.69, 9.17) is 17.3 Å². The first-order valence-corrected chi connectivity index (χ1v) is 9.18. The minimum absolute atomic E-state index is 0.0532. The van der Waals surface area contributed by atoms with Gasteiger partial charge in [0.05, 0.1) is 11.4 Å². The Balaban J connectivity index is 1.62. The molecule has 2 aromatic carbocycles. The number of nitrogens with one attached hydrogen (secondary N) is 2. The molecule has 0 saturated heterocycles. The van der Waals surface area contributed by atoms with Gasteiger partial charge in [-0.25, -0.2) is 0 Å². The molecule has 0 aromatic heterocycles. The highest BCUT2D eigenvalue weighted by Crippen LogP contribution is 2.25. The lowest BCUT2D eigenvalue weighted by atomic mass is 10.1. The minimum atomic E-state index is 0.0532. The van der Waals surface area contributed by atoms with Gasteiger partial charge >= 0.3 is 0 Å². The van der Waals surface area contributed by atoms with Crippen molar-refractivity contribution in [3.05, 3.63) is 65.3 Å². The van der Waals surface area contributed by atoms with E-state index in [-0.39, 0.29) is 5.91 Å². The van der Waals surface area contributed by atoms with Crippen LogP contribution >= 0.6 is 11.6 Å². The van der Waals surface area contributed by atoms with Crippen molar-refractivity contribution in [1.82, 2.24) is 0 Å². The zero-order valence-electron chi connectivity index (χ0n) is 15.1. The van der Waals surface area contributed by atoms with Crippen molar-refractivity contribution < 1.29 is 4.79 Å². The van der Waals surface area contributed by atoms with Crippen molar-refractivity contribution in [2.75, 3.05) is 16.4 Å². The number of rotatable bonds is 9. The van der Waals surface area contributed by atoms with Crippen LogP contribution in [0, 0.1) is 6.92 Å². The first-order valence-electron chi connectivity index (χ1n) is 8.80. The largest absolute Gasteiger partial charge is 0.397 e. The summed E-state index contributed by atoms with van der Waals surface area (Å²) in [4.78, 5) is 11.9. The number of allylic oxidation sites excluding steroid dienone is 1. The van der Waals surface area contributed by atoms with Crippen LogP contribution in [0.4, 0.5) is 17.1 Å². The van der Waals surface area contributed by atoms with Crippen LogP contribution < -0.4 is 16.4 Å². The number of benzene rings is 2. The van der Waals surface area contributed by atoms with Crippen molar-refractivity contribution in [2.45, 2.75) is 39.0 Å². The van der Waals surface area contributed by atoms with Crippen molar-refractivity contribution in [3.63, 3.8) is 0 Å². The first-order chi connectivity index (χ1) is 12.4. The van der Waals surface area contributed by atoms with Crippen molar-refractivity contribution in [3.8, 4) is 0 Å². The number of anilines is 3. The van der Waals surface area contributed by atoms with E-state index in [1.807, 2.05) is 31.2 Å². The van der Waals surface area contributed by atoms with E-state index in [2.05, 4.69) is 17.2 Å². The Morgan fingerprint density at radius 1 is 1.04 bits per heavy atom. The maximum absolute atomic E-state index is 11.9. The second kappa shape index (κ2) is 9.88. The monoisotopic (exact) mass is 371 g/mol. The summed E-state index contributed by atoms with van der Waals surface area (Å²) in [5, 5.41) is 6.76. The lowest BCUT2D eigenvalue weighted by Gasteiger charge is -2.12. The zero-order chi connectivity index (χ0) is 18.9. The minimum Gasteiger partial charge on any atom is -0.397 e.